The maximum Gasteiger partial charge on any atom is 0.265 e. The van der Waals surface area contributed by atoms with Crippen molar-refractivity contribution in [2.75, 3.05) is 11.5 Å². The van der Waals surface area contributed by atoms with Gasteiger partial charge in [-0.3, -0.25) is 18.7 Å². The monoisotopic (exact) mass is 579 g/mol. The van der Waals surface area contributed by atoms with Gasteiger partial charge in [-0.15, -0.1) is 0 Å². The molecule has 2 aliphatic carbocycles. The van der Waals surface area contributed by atoms with Gasteiger partial charge in [-0.05, 0) is 74.1 Å². The fourth-order valence-electron chi connectivity index (χ4n) is 6.96. The van der Waals surface area contributed by atoms with Gasteiger partial charge in [0, 0.05) is 22.6 Å². The zero-order chi connectivity index (χ0) is 29.0. The van der Waals surface area contributed by atoms with Gasteiger partial charge < -0.3 is 5.32 Å². The van der Waals surface area contributed by atoms with Crippen LogP contribution in [0.25, 0.3) is 12.2 Å². The highest BCUT2D eigenvalue weighted by molar-refractivity contribution is 7.86. The molecule has 1 aliphatic heterocycles. The second-order valence-electron chi connectivity index (χ2n) is 12.3. The molecule has 3 atom stereocenters. The van der Waals surface area contributed by atoms with E-state index in [-0.39, 0.29) is 29.3 Å². The SMILES string of the molecule is CC1(C)NC(=O)/C(=C\c2ccc(/C=C3\C(=O)C4(CS(=O)(=O)O)CCC3C4(C)C)cc2)C1CCCCS(=O)(=O)O. The van der Waals surface area contributed by atoms with Gasteiger partial charge in [0.05, 0.1) is 16.9 Å². The molecule has 11 heteroatoms. The number of allylic oxidation sites excluding steroid dienone is 1. The van der Waals surface area contributed by atoms with E-state index in [0.717, 1.165) is 11.1 Å². The van der Waals surface area contributed by atoms with Gasteiger partial charge in [-0.25, -0.2) is 0 Å². The Labute approximate surface area is 230 Å². The fourth-order valence-corrected chi connectivity index (χ4v) is 8.79. The molecule has 3 fully saturated rings. The van der Waals surface area contributed by atoms with Crippen LogP contribution >= 0.6 is 0 Å². The Kier molecular flexibility index (Phi) is 7.55. The van der Waals surface area contributed by atoms with Crippen LogP contribution in [0.3, 0.4) is 0 Å². The number of hydrogen-bond acceptors (Lipinski definition) is 6. The molecule has 9 nitrogen and oxygen atoms in total. The molecule has 1 heterocycles. The van der Waals surface area contributed by atoms with Crippen molar-refractivity contribution in [2.24, 2.45) is 22.7 Å². The molecule has 39 heavy (non-hydrogen) atoms. The lowest BCUT2D eigenvalue weighted by Gasteiger charge is -2.34. The third-order valence-corrected chi connectivity index (χ3v) is 10.8. The van der Waals surface area contributed by atoms with Crippen LogP contribution < -0.4 is 5.32 Å². The van der Waals surface area contributed by atoms with Crippen molar-refractivity contribution >= 4 is 44.1 Å². The Bertz CT molecular complexity index is 1450. The summed E-state index contributed by atoms with van der Waals surface area (Å²) in [5.74, 6) is -1.50. The van der Waals surface area contributed by atoms with Gasteiger partial charge in [0.15, 0.2) is 5.78 Å². The van der Waals surface area contributed by atoms with Crippen molar-refractivity contribution < 1.29 is 35.5 Å². The van der Waals surface area contributed by atoms with Crippen molar-refractivity contribution in [1.29, 1.82) is 0 Å². The normalized spacial score (nSPS) is 29.9. The summed E-state index contributed by atoms with van der Waals surface area (Å²) in [6.07, 6.45) is 6.17. The average molecular weight is 580 g/mol. The number of Topliss-reactive ketones (excluding diaryl/α,β-unsaturated/α-hetero) is 1. The minimum atomic E-state index is -4.33. The highest BCUT2D eigenvalue weighted by atomic mass is 32.2. The van der Waals surface area contributed by atoms with Gasteiger partial charge in [-0.1, -0.05) is 44.5 Å². The first-order valence-corrected chi connectivity index (χ1v) is 16.4. The Balaban J connectivity index is 1.55. The summed E-state index contributed by atoms with van der Waals surface area (Å²) in [4.78, 5) is 26.2. The van der Waals surface area contributed by atoms with Crippen molar-refractivity contribution in [2.45, 2.75) is 65.3 Å². The van der Waals surface area contributed by atoms with Gasteiger partial charge in [0.1, 0.15) is 0 Å². The van der Waals surface area contributed by atoms with Crippen molar-refractivity contribution in [3.05, 3.63) is 46.5 Å². The quantitative estimate of drug-likeness (QED) is 0.226. The lowest BCUT2D eigenvalue weighted by atomic mass is 9.70. The molecule has 3 aliphatic rings. The number of ketones is 1. The van der Waals surface area contributed by atoms with Crippen LogP contribution in [0, 0.1) is 22.7 Å². The first kappa shape index (κ1) is 29.6. The molecule has 3 unspecified atom stereocenters. The van der Waals surface area contributed by atoms with E-state index in [9.17, 15) is 31.0 Å². The minimum Gasteiger partial charge on any atom is -0.347 e. The van der Waals surface area contributed by atoms with Gasteiger partial charge in [-0.2, -0.15) is 16.8 Å². The van der Waals surface area contributed by atoms with Crippen LogP contribution in [0.15, 0.2) is 35.4 Å². The number of fused-ring (bicyclic) bond motifs is 2. The zero-order valence-electron chi connectivity index (χ0n) is 22.7. The summed E-state index contributed by atoms with van der Waals surface area (Å²) < 4.78 is 64.1. The van der Waals surface area contributed by atoms with Crippen LogP contribution in [0.2, 0.25) is 0 Å². The summed E-state index contributed by atoms with van der Waals surface area (Å²) in [6, 6.07) is 7.40. The third-order valence-electron chi connectivity index (χ3n) is 9.14. The fraction of sp³-hybridized carbons (Fsp3) is 0.571. The molecule has 2 saturated carbocycles. The van der Waals surface area contributed by atoms with Crippen molar-refractivity contribution in [1.82, 2.24) is 5.32 Å². The summed E-state index contributed by atoms with van der Waals surface area (Å²) in [6.45, 7) is 7.66. The summed E-state index contributed by atoms with van der Waals surface area (Å²) >= 11 is 0. The highest BCUT2D eigenvalue weighted by Crippen LogP contribution is 2.66. The Morgan fingerprint density at radius 2 is 1.46 bits per heavy atom. The molecule has 1 aromatic carbocycles. The maximum absolute atomic E-state index is 13.4. The van der Waals surface area contributed by atoms with Crippen molar-refractivity contribution in [3.63, 3.8) is 0 Å². The molecule has 1 amide bonds. The molecule has 0 spiro atoms. The molecule has 4 rings (SSSR count). The Morgan fingerprint density at radius 3 is 2.00 bits per heavy atom. The first-order chi connectivity index (χ1) is 17.9. The number of benzene rings is 1. The molecule has 1 aromatic rings. The number of amides is 1. The topological polar surface area (TPSA) is 155 Å². The molecular weight excluding hydrogens is 542 g/mol. The standard InChI is InChI=1S/C28H37NO8S2/c1-26(2)22-12-13-28(26,17-39(35,36)37)24(30)20(22)15-18-8-10-19(11-9-18)16-21-23(27(3,4)29-25(21)31)7-5-6-14-38(32,33)34/h8-11,15-16,22-23H,5-7,12-14,17H2,1-4H3,(H,29,31)(H,32,33,34)(H,35,36,37)/b20-15-,21-16-. The second-order valence-corrected chi connectivity index (χ2v) is 15.4. The summed E-state index contributed by atoms with van der Waals surface area (Å²) in [5, 5.41) is 3.00. The summed E-state index contributed by atoms with van der Waals surface area (Å²) in [7, 11) is -8.35. The molecule has 0 radical (unpaired) electrons. The molecule has 2 bridgehead atoms. The van der Waals surface area contributed by atoms with E-state index in [0.29, 0.717) is 43.3 Å². The van der Waals surface area contributed by atoms with E-state index in [1.807, 2.05) is 58.0 Å². The molecule has 214 valence electrons. The number of nitrogens with one attached hydrogen (secondary N) is 1. The Morgan fingerprint density at radius 1 is 0.897 bits per heavy atom. The van der Waals surface area contributed by atoms with Gasteiger partial charge in [0.2, 0.25) is 5.91 Å². The van der Waals surface area contributed by atoms with Crippen LogP contribution in [0.1, 0.15) is 70.9 Å². The number of hydrogen-bond donors (Lipinski definition) is 3. The number of unbranched alkanes of at least 4 members (excludes halogenated alkanes) is 1. The number of carbonyl (C=O) groups excluding carboxylic acids is 2. The maximum atomic E-state index is 13.4. The number of carbonyl (C=O) groups is 2. The van der Waals surface area contributed by atoms with Crippen LogP contribution in [-0.2, 0) is 29.8 Å². The first-order valence-electron chi connectivity index (χ1n) is 13.2. The van der Waals surface area contributed by atoms with E-state index in [2.05, 4.69) is 5.32 Å². The largest absolute Gasteiger partial charge is 0.347 e. The lowest BCUT2D eigenvalue weighted by Crippen LogP contribution is -2.42. The number of rotatable bonds is 9. The van der Waals surface area contributed by atoms with Crippen LogP contribution in [0.5, 0.6) is 0 Å². The van der Waals surface area contributed by atoms with E-state index in [1.54, 1.807) is 6.08 Å². The highest BCUT2D eigenvalue weighted by Gasteiger charge is 2.67. The predicted molar refractivity (Wildman–Crippen MR) is 149 cm³/mol. The average Bonchev–Trinajstić information content (AvgIpc) is 3.21. The molecule has 3 N–H and O–H groups in total. The van der Waals surface area contributed by atoms with E-state index in [1.165, 1.54) is 0 Å². The van der Waals surface area contributed by atoms with Gasteiger partial charge >= 0.3 is 0 Å². The second kappa shape index (κ2) is 9.94. The van der Waals surface area contributed by atoms with Crippen LogP contribution in [0.4, 0.5) is 0 Å². The summed E-state index contributed by atoms with van der Waals surface area (Å²) in [5.41, 5.74) is 0.556. The van der Waals surface area contributed by atoms with E-state index in [4.69, 9.17) is 4.55 Å². The smallest absolute Gasteiger partial charge is 0.265 e. The van der Waals surface area contributed by atoms with E-state index >= 15 is 0 Å². The minimum absolute atomic E-state index is 0.0976. The zero-order valence-corrected chi connectivity index (χ0v) is 24.4. The predicted octanol–water partition coefficient (Wildman–Crippen LogP) is 3.93. The van der Waals surface area contributed by atoms with E-state index < -0.39 is 42.4 Å². The molecule has 0 aromatic heterocycles. The Hall–Kier alpha value is -2.34. The third kappa shape index (κ3) is 5.77. The molecule has 1 saturated heterocycles. The van der Waals surface area contributed by atoms with Crippen LogP contribution in [-0.4, -0.2) is 54.7 Å². The van der Waals surface area contributed by atoms with Crippen molar-refractivity contribution in [3.8, 4) is 0 Å². The molecular formula is C28H37NO8S2. The van der Waals surface area contributed by atoms with Gasteiger partial charge in [0.25, 0.3) is 20.2 Å². The lowest BCUT2D eigenvalue weighted by molar-refractivity contribution is -0.125.